The summed E-state index contributed by atoms with van der Waals surface area (Å²) in [4.78, 5) is 12.4. The Bertz CT molecular complexity index is 735. The molecule has 0 saturated heterocycles. The minimum absolute atomic E-state index is 0.0341. The highest BCUT2D eigenvalue weighted by molar-refractivity contribution is 5.76. The van der Waals surface area contributed by atoms with Gasteiger partial charge in [-0.3, -0.25) is 4.79 Å². The average molecular weight is 718 g/mol. The first-order chi connectivity index (χ1) is 25.2. The van der Waals surface area contributed by atoms with Gasteiger partial charge >= 0.3 is 0 Å². The molecule has 2 unspecified atom stereocenters. The summed E-state index contributed by atoms with van der Waals surface area (Å²) in [5.74, 6) is -0.0341. The lowest BCUT2D eigenvalue weighted by Gasteiger charge is -2.22. The van der Waals surface area contributed by atoms with Crippen molar-refractivity contribution in [3.63, 3.8) is 0 Å². The van der Waals surface area contributed by atoms with Crippen molar-refractivity contribution in [2.45, 2.75) is 264 Å². The van der Waals surface area contributed by atoms with Gasteiger partial charge in [0.15, 0.2) is 0 Å². The van der Waals surface area contributed by atoms with Crippen LogP contribution in [0.1, 0.15) is 251 Å². The van der Waals surface area contributed by atoms with E-state index in [1.54, 1.807) is 0 Å². The van der Waals surface area contributed by atoms with E-state index in [0.29, 0.717) is 12.8 Å². The summed E-state index contributed by atoms with van der Waals surface area (Å²) in [7, 11) is 0. The lowest BCUT2D eigenvalue weighted by atomic mass is 10.0. The number of aliphatic hydroxyl groups excluding tert-OH is 2. The van der Waals surface area contributed by atoms with Gasteiger partial charge < -0.3 is 15.5 Å². The van der Waals surface area contributed by atoms with E-state index in [1.165, 1.54) is 193 Å². The molecule has 0 heterocycles. The van der Waals surface area contributed by atoms with Crippen LogP contribution in [0.5, 0.6) is 0 Å². The van der Waals surface area contributed by atoms with E-state index >= 15 is 0 Å². The van der Waals surface area contributed by atoms with Crippen molar-refractivity contribution in [3.05, 3.63) is 24.3 Å². The van der Waals surface area contributed by atoms with E-state index in [9.17, 15) is 15.0 Å². The molecular formula is C47H91NO3. The lowest BCUT2D eigenvalue weighted by molar-refractivity contribution is -0.123. The lowest BCUT2D eigenvalue weighted by Crippen LogP contribution is -2.45. The second-order valence-corrected chi connectivity index (χ2v) is 15.8. The molecule has 0 aromatic carbocycles. The minimum Gasteiger partial charge on any atom is -0.394 e. The maximum Gasteiger partial charge on any atom is 0.220 e. The standard InChI is InChI=1S/C47H91NO3/c1-3-5-7-9-11-13-15-17-19-20-21-22-23-24-25-26-27-28-29-31-33-35-37-39-41-43-47(51)48-45(44-49)46(50)42-40-38-36-34-32-30-18-16-14-12-10-8-6-4-2/h21-22,24-25,45-46,49-50H,3-20,23,26-44H2,1-2H3,(H,48,51)/b22-21-,25-24-. The van der Waals surface area contributed by atoms with Crippen LogP contribution >= 0.6 is 0 Å². The number of carbonyl (C=O) groups excluding carboxylic acids is 1. The van der Waals surface area contributed by atoms with E-state index in [1.807, 2.05) is 0 Å². The van der Waals surface area contributed by atoms with Gasteiger partial charge in [-0.25, -0.2) is 0 Å². The largest absolute Gasteiger partial charge is 0.394 e. The molecule has 2 atom stereocenters. The summed E-state index contributed by atoms with van der Waals surface area (Å²) in [6, 6.07) is -0.536. The van der Waals surface area contributed by atoms with Crippen molar-refractivity contribution in [2.75, 3.05) is 6.61 Å². The third-order valence-corrected chi connectivity index (χ3v) is 10.7. The highest BCUT2D eigenvalue weighted by atomic mass is 16.3. The summed E-state index contributed by atoms with van der Waals surface area (Å²) in [5.41, 5.74) is 0. The zero-order valence-electron chi connectivity index (χ0n) is 34.6. The normalized spacial score (nSPS) is 13.1. The van der Waals surface area contributed by atoms with Crippen LogP contribution in [-0.4, -0.2) is 34.9 Å². The Morgan fingerprint density at radius 1 is 0.471 bits per heavy atom. The van der Waals surface area contributed by atoms with Gasteiger partial charge in [-0.15, -0.1) is 0 Å². The van der Waals surface area contributed by atoms with E-state index < -0.39 is 12.1 Å². The molecule has 0 aliphatic heterocycles. The third kappa shape index (κ3) is 39.9. The monoisotopic (exact) mass is 718 g/mol. The zero-order valence-corrected chi connectivity index (χ0v) is 34.6. The van der Waals surface area contributed by atoms with Gasteiger partial charge in [-0.2, -0.15) is 0 Å². The van der Waals surface area contributed by atoms with Gasteiger partial charge in [0.1, 0.15) is 0 Å². The molecule has 0 rings (SSSR count). The van der Waals surface area contributed by atoms with E-state index in [0.717, 1.165) is 32.1 Å². The van der Waals surface area contributed by atoms with Crippen molar-refractivity contribution in [1.29, 1.82) is 0 Å². The van der Waals surface area contributed by atoms with Crippen molar-refractivity contribution >= 4 is 5.91 Å². The molecule has 51 heavy (non-hydrogen) atoms. The molecule has 3 N–H and O–H groups in total. The van der Waals surface area contributed by atoms with Crippen LogP contribution in [0.25, 0.3) is 0 Å². The van der Waals surface area contributed by atoms with Gasteiger partial charge in [0, 0.05) is 6.42 Å². The van der Waals surface area contributed by atoms with Gasteiger partial charge in [-0.05, 0) is 44.9 Å². The van der Waals surface area contributed by atoms with Gasteiger partial charge in [0.2, 0.25) is 5.91 Å². The highest BCUT2D eigenvalue weighted by Crippen LogP contribution is 2.16. The summed E-state index contributed by atoms with van der Waals surface area (Å²) < 4.78 is 0. The molecular weight excluding hydrogens is 627 g/mol. The fraction of sp³-hybridized carbons (Fsp3) is 0.894. The molecule has 0 aliphatic carbocycles. The van der Waals surface area contributed by atoms with E-state index in [-0.39, 0.29) is 12.5 Å². The molecule has 0 bridgehead atoms. The second kappa shape index (κ2) is 43.3. The molecule has 0 radical (unpaired) electrons. The van der Waals surface area contributed by atoms with Crippen LogP contribution in [-0.2, 0) is 4.79 Å². The SMILES string of the molecule is CCCCCCCCCCC/C=C\C/C=C\CCCCCCCCCCCC(=O)NC(CO)C(O)CCCCCCCCCCCCCCCC. The highest BCUT2D eigenvalue weighted by Gasteiger charge is 2.20. The molecule has 0 aromatic heterocycles. The van der Waals surface area contributed by atoms with Crippen molar-refractivity contribution in [3.8, 4) is 0 Å². The van der Waals surface area contributed by atoms with Crippen molar-refractivity contribution in [2.24, 2.45) is 0 Å². The molecule has 0 saturated carbocycles. The fourth-order valence-corrected chi connectivity index (χ4v) is 7.16. The Labute approximate surface area is 319 Å². The Hall–Kier alpha value is -1.13. The predicted molar refractivity (Wildman–Crippen MR) is 225 cm³/mol. The predicted octanol–water partition coefficient (Wildman–Crippen LogP) is 14.4. The summed E-state index contributed by atoms with van der Waals surface area (Å²) in [6.07, 6.45) is 55.5. The zero-order chi connectivity index (χ0) is 37.1. The number of rotatable bonds is 42. The third-order valence-electron chi connectivity index (χ3n) is 10.7. The van der Waals surface area contributed by atoms with Crippen molar-refractivity contribution in [1.82, 2.24) is 5.32 Å². The molecule has 4 nitrogen and oxygen atoms in total. The average Bonchev–Trinajstić information content (AvgIpc) is 3.13. The van der Waals surface area contributed by atoms with Gasteiger partial charge in [0.05, 0.1) is 18.8 Å². The minimum atomic E-state index is -0.659. The van der Waals surface area contributed by atoms with Crippen LogP contribution in [0, 0.1) is 0 Å². The smallest absolute Gasteiger partial charge is 0.220 e. The van der Waals surface area contributed by atoms with Gasteiger partial charge in [-0.1, -0.05) is 224 Å². The number of aliphatic hydroxyl groups is 2. The first-order valence-electron chi connectivity index (χ1n) is 23.0. The summed E-state index contributed by atoms with van der Waals surface area (Å²) >= 11 is 0. The van der Waals surface area contributed by atoms with Crippen LogP contribution in [0.3, 0.4) is 0 Å². The second-order valence-electron chi connectivity index (χ2n) is 15.8. The molecule has 0 fully saturated rings. The Kier molecular flexibility index (Phi) is 42.3. The van der Waals surface area contributed by atoms with E-state index in [2.05, 4.69) is 43.5 Å². The quantitative estimate of drug-likeness (QED) is 0.0435. The molecule has 0 spiro atoms. The summed E-state index contributed by atoms with van der Waals surface area (Å²) in [5, 5.41) is 23.2. The molecule has 4 heteroatoms. The van der Waals surface area contributed by atoms with Crippen LogP contribution in [0.15, 0.2) is 24.3 Å². The maximum atomic E-state index is 12.4. The number of nitrogens with one attached hydrogen (secondary N) is 1. The molecule has 1 amide bonds. The number of allylic oxidation sites excluding steroid dienone is 4. The number of hydrogen-bond donors (Lipinski definition) is 3. The molecule has 0 aliphatic rings. The molecule has 0 aromatic rings. The number of hydrogen-bond acceptors (Lipinski definition) is 3. The number of carbonyl (C=O) groups is 1. The van der Waals surface area contributed by atoms with Crippen molar-refractivity contribution < 1.29 is 15.0 Å². The van der Waals surface area contributed by atoms with Gasteiger partial charge in [0.25, 0.3) is 0 Å². The maximum absolute atomic E-state index is 12.4. The Balaban J connectivity index is 3.50. The van der Waals surface area contributed by atoms with Crippen LogP contribution in [0.2, 0.25) is 0 Å². The Morgan fingerprint density at radius 3 is 1.18 bits per heavy atom. The van der Waals surface area contributed by atoms with E-state index in [4.69, 9.17) is 0 Å². The number of unbranched alkanes of at least 4 members (excludes halogenated alkanes) is 31. The topological polar surface area (TPSA) is 69.6 Å². The number of amides is 1. The molecule has 302 valence electrons. The van der Waals surface area contributed by atoms with Crippen LogP contribution < -0.4 is 5.32 Å². The first kappa shape index (κ1) is 49.9. The Morgan fingerprint density at radius 2 is 0.804 bits per heavy atom. The van der Waals surface area contributed by atoms with Crippen LogP contribution in [0.4, 0.5) is 0 Å². The fourth-order valence-electron chi connectivity index (χ4n) is 7.16. The summed E-state index contributed by atoms with van der Waals surface area (Å²) in [6.45, 7) is 4.37. The first-order valence-corrected chi connectivity index (χ1v) is 23.0.